The normalized spacial score (nSPS) is 9.00. The Morgan fingerprint density at radius 3 is 2.50 bits per heavy atom. The molecule has 0 aromatic carbocycles. The zero-order valence-corrected chi connectivity index (χ0v) is 6.57. The van der Waals surface area contributed by atoms with Gasteiger partial charge in [-0.3, -0.25) is 9.59 Å². The number of Topliss-reactive ketones (excluding diaryl/α,β-unsaturated/α-hetero) is 1. The van der Waals surface area contributed by atoms with E-state index >= 15 is 0 Å². The summed E-state index contributed by atoms with van der Waals surface area (Å²) in [5, 5.41) is 2.49. The van der Waals surface area contributed by atoms with Gasteiger partial charge in [-0.25, -0.2) is 0 Å². The molecule has 0 bridgehead atoms. The number of hydrogen-bond donors (Lipinski definition) is 1. The lowest BCUT2D eigenvalue weighted by molar-refractivity contribution is -0.119. The Morgan fingerprint density at radius 1 is 1.50 bits per heavy atom. The predicted octanol–water partition coefficient (Wildman–Crippen LogP) is 0.320. The second-order valence-corrected chi connectivity index (χ2v) is 2.17. The van der Waals surface area contributed by atoms with Gasteiger partial charge >= 0.3 is 0 Å². The molecule has 0 saturated carbocycles. The third-order valence-electron chi connectivity index (χ3n) is 0.927. The van der Waals surface area contributed by atoms with E-state index in [2.05, 4.69) is 5.32 Å². The first-order chi connectivity index (χ1) is 4.66. The van der Waals surface area contributed by atoms with Crippen molar-refractivity contribution in [1.29, 1.82) is 0 Å². The molecule has 0 aromatic rings. The molecular weight excluding hydrogens is 154 g/mol. The third kappa shape index (κ3) is 5.56. The van der Waals surface area contributed by atoms with E-state index in [1.165, 1.54) is 6.92 Å². The van der Waals surface area contributed by atoms with Crippen LogP contribution in [0.2, 0.25) is 0 Å². The van der Waals surface area contributed by atoms with E-state index in [-0.39, 0.29) is 17.6 Å². The molecule has 0 rings (SSSR count). The smallest absolute Gasteiger partial charge is 0.216 e. The highest BCUT2D eigenvalue weighted by atomic mass is 35.5. The molecule has 0 saturated heterocycles. The second-order valence-electron chi connectivity index (χ2n) is 1.91. The number of amides is 1. The quantitative estimate of drug-likeness (QED) is 0.607. The topological polar surface area (TPSA) is 46.2 Å². The Bertz CT molecular complexity index is 136. The number of alkyl halides is 1. The molecule has 0 spiro atoms. The average Bonchev–Trinajstić information content (AvgIpc) is 1.87. The first-order valence-corrected chi connectivity index (χ1v) is 3.52. The van der Waals surface area contributed by atoms with Crippen molar-refractivity contribution in [1.82, 2.24) is 5.32 Å². The predicted molar refractivity (Wildman–Crippen MR) is 39.0 cm³/mol. The van der Waals surface area contributed by atoms with Crippen LogP contribution >= 0.6 is 11.6 Å². The zero-order valence-electron chi connectivity index (χ0n) is 5.82. The molecule has 58 valence electrons. The maximum absolute atomic E-state index is 10.5. The van der Waals surface area contributed by atoms with E-state index < -0.39 is 0 Å². The van der Waals surface area contributed by atoms with E-state index in [1.807, 2.05) is 0 Å². The summed E-state index contributed by atoms with van der Waals surface area (Å²) in [6, 6.07) is 0. The fourth-order valence-corrected chi connectivity index (χ4v) is 0.578. The van der Waals surface area contributed by atoms with Crippen LogP contribution in [0.3, 0.4) is 0 Å². The van der Waals surface area contributed by atoms with Crippen LogP contribution in [0.4, 0.5) is 0 Å². The molecule has 0 fully saturated rings. The molecule has 0 radical (unpaired) electrons. The number of nitrogens with one attached hydrogen (secondary N) is 1. The SMILES string of the molecule is CC(=O)NCCC(=O)CCl. The summed E-state index contributed by atoms with van der Waals surface area (Å²) in [6.45, 7) is 1.80. The molecule has 4 heteroatoms. The number of ketones is 1. The minimum atomic E-state index is -0.123. The van der Waals surface area contributed by atoms with Crippen LogP contribution in [0, 0.1) is 0 Å². The van der Waals surface area contributed by atoms with Gasteiger partial charge in [0.1, 0.15) is 5.78 Å². The van der Waals surface area contributed by atoms with Crippen LogP contribution in [0.1, 0.15) is 13.3 Å². The van der Waals surface area contributed by atoms with Gasteiger partial charge in [0.25, 0.3) is 0 Å². The van der Waals surface area contributed by atoms with Gasteiger partial charge in [-0.2, -0.15) is 0 Å². The highest BCUT2D eigenvalue weighted by Gasteiger charge is 1.98. The van der Waals surface area contributed by atoms with E-state index in [0.717, 1.165) is 0 Å². The summed E-state index contributed by atoms with van der Waals surface area (Å²) in [5.41, 5.74) is 0. The van der Waals surface area contributed by atoms with Gasteiger partial charge in [0.2, 0.25) is 5.91 Å². The molecule has 0 aliphatic carbocycles. The lowest BCUT2D eigenvalue weighted by atomic mass is 10.3. The molecule has 0 aliphatic rings. The Hall–Kier alpha value is -0.570. The largest absolute Gasteiger partial charge is 0.356 e. The van der Waals surface area contributed by atoms with Crippen LogP contribution in [0.25, 0.3) is 0 Å². The zero-order chi connectivity index (χ0) is 7.98. The van der Waals surface area contributed by atoms with Gasteiger partial charge in [-0.05, 0) is 0 Å². The summed E-state index contributed by atoms with van der Waals surface area (Å²) < 4.78 is 0. The van der Waals surface area contributed by atoms with E-state index in [4.69, 9.17) is 11.6 Å². The van der Waals surface area contributed by atoms with Crippen molar-refractivity contribution in [2.45, 2.75) is 13.3 Å². The van der Waals surface area contributed by atoms with Crippen LogP contribution in [-0.2, 0) is 9.59 Å². The van der Waals surface area contributed by atoms with Crippen LogP contribution < -0.4 is 5.32 Å². The number of rotatable bonds is 4. The standard InChI is InChI=1S/C6H10ClNO2/c1-5(9)8-3-2-6(10)4-7/h2-4H2,1H3,(H,8,9). The molecule has 1 N–H and O–H groups in total. The first kappa shape index (κ1) is 9.43. The fourth-order valence-electron chi connectivity index (χ4n) is 0.445. The molecule has 3 nitrogen and oxygen atoms in total. The van der Waals surface area contributed by atoms with Crippen molar-refractivity contribution in [3.63, 3.8) is 0 Å². The second kappa shape index (κ2) is 5.23. The fraction of sp³-hybridized carbons (Fsp3) is 0.667. The van der Waals surface area contributed by atoms with E-state index in [1.54, 1.807) is 0 Å². The average molecular weight is 164 g/mol. The van der Waals surface area contributed by atoms with Crippen molar-refractivity contribution < 1.29 is 9.59 Å². The van der Waals surface area contributed by atoms with Crippen LogP contribution in [0.5, 0.6) is 0 Å². The Kier molecular flexibility index (Phi) is 4.94. The van der Waals surface area contributed by atoms with Crippen molar-refractivity contribution in [2.24, 2.45) is 0 Å². The minimum Gasteiger partial charge on any atom is -0.356 e. The molecule has 10 heavy (non-hydrogen) atoms. The Balaban J connectivity index is 3.20. The van der Waals surface area contributed by atoms with E-state index in [0.29, 0.717) is 13.0 Å². The molecular formula is C6H10ClNO2. The van der Waals surface area contributed by atoms with Gasteiger partial charge in [0.05, 0.1) is 5.88 Å². The van der Waals surface area contributed by atoms with Crippen LogP contribution in [0.15, 0.2) is 0 Å². The molecule has 1 amide bonds. The maximum Gasteiger partial charge on any atom is 0.216 e. The number of halogens is 1. The lowest BCUT2D eigenvalue weighted by Gasteiger charge is -1.97. The van der Waals surface area contributed by atoms with Gasteiger partial charge in [0.15, 0.2) is 0 Å². The highest BCUT2D eigenvalue weighted by Crippen LogP contribution is 1.84. The summed E-state index contributed by atoms with van der Waals surface area (Å²) in [7, 11) is 0. The van der Waals surface area contributed by atoms with Crippen LogP contribution in [-0.4, -0.2) is 24.1 Å². The first-order valence-electron chi connectivity index (χ1n) is 2.99. The molecule has 0 aliphatic heterocycles. The van der Waals surface area contributed by atoms with Crippen molar-refractivity contribution >= 4 is 23.3 Å². The van der Waals surface area contributed by atoms with Gasteiger partial charge in [-0.15, -0.1) is 11.6 Å². The number of carbonyl (C=O) groups is 2. The molecule has 0 aromatic heterocycles. The summed E-state index contributed by atoms with van der Waals surface area (Å²) >= 11 is 5.21. The maximum atomic E-state index is 10.5. The van der Waals surface area contributed by atoms with Crippen molar-refractivity contribution in [3.8, 4) is 0 Å². The van der Waals surface area contributed by atoms with Gasteiger partial charge < -0.3 is 5.32 Å². The number of carbonyl (C=O) groups excluding carboxylic acids is 2. The Morgan fingerprint density at radius 2 is 2.10 bits per heavy atom. The molecule has 0 atom stereocenters. The van der Waals surface area contributed by atoms with Gasteiger partial charge in [-0.1, -0.05) is 0 Å². The Labute approximate surface area is 64.7 Å². The highest BCUT2D eigenvalue weighted by molar-refractivity contribution is 6.27. The summed E-state index contributed by atoms with van der Waals surface area (Å²) in [6.07, 6.45) is 0.322. The van der Waals surface area contributed by atoms with Crippen molar-refractivity contribution in [2.75, 3.05) is 12.4 Å². The van der Waals surface area contributed by atoms with Crippen molar-refractivity contribution in [3.05, 3.63) is 0 Å². The number of hydrogen-bond acceptors (Lipinski definition) is 2. The summed E-state index contributed by atoms with van der Waals surface area (Å²) in [5.74, 6) is -0.141. The molecule has 0 heterocycles. The van der Waals surface area contributed by atoms with Gasteiger partial charge in [0, 0.05) is 19.9 Å². The minimum absolute atomic E-state index is 0.0274. The summed E-state index contributed by atoms with van der Waals surface area (Å²) in [4.78, 5) is 20.8. The lowest BCUT2D eigenvalue weighted by Crippen LogP contribution is -2.23. The van der Waals surface area contributed by atoms with E-state index in [9.17, 15) is 9.59 Å². The monoisotopic (exact) mass is 163 g/mol. The molecule has 0 unspecified atom stereocenters. The third-order valence-corrected chi connectivity index (χ3v) is 1.22.